The Bertz CT molecular complexity index is 456. The van der Waals surface area contributed by atoms with Crippen LogP contribution in [0.1, 0.15) is 23.7 Å². The number of carbonyl (C=O) groups is 1. The highest BCUT2D eigenvalue weighted by Crippen LogP contribution is 2.00. The monoisotopic (exact) mass is 257 g/mol. The molecule has 0 aliphatic carbocycles. The number of ether oxygens (including phenoxy) is 1. The van der Waals surface area contributed by atoms with E-state index in [1.165, 1.54) is 0 Å². The summed E-state index contributed by atoms with van der Waals surface area (Å²) in [4.78, 5) is 11.4. The van der Waals surface area contributed by atoms with E-state index in [1.54, 1.807) is 37.3 Å². The first-order valence-corrected chi connectivity index (χ1v) is 6.90. The first-order chi connectivity index (χ1) is 8.05. The van der Waals surface area contributed by atoms with Gasteiger partial charge in [0.15, 0.2) is 6.73 Å². The molecule has 0 saturated carbocycles. The maximum absolute atomic E-state index is 11.4. The predicted molar refractivity (Wildman–Crippen MR) is 63.9 cm³/mol. The fourth-order valence-electron chi connectivity index (χ4n) is 1.18. The molecule has 1 N–H and O–H groups in total. The van der Waals surface area contributed by atoms with Crippen LogP contribution in [0.5, 0.6) is 0 Å². The van der Waals surface area contributed by atoms with E-state index in [0.717, 1.165) is 0 Å². The third kappa shape index (κ3) is 4.97. The van der Waals surface area contributed by atoms with Crippen LogP contribution in [0.2, 0.25) is 0 Å². The molecule has 94 valence electrons. The van der Waals surface area contributed by atoms with Gasteiger partial charge in [-0.3, -0.25) is 0 Å². The molecule has 17 heavy (non-hydrogen) atoms. The molecule has 0 spiro atoms. The van der Waals surface area contributed by atoms with E-state index in [1.807, 2.05) is 0 Å². The van der Waals surface area contributed by atoms with Crippen molar-refractivity contribution in [1.29, 1.82) is 0 Å². The highest BCUT2D eigenvalue weighted by atomic mass is 32.2. The van der Waals surface area contributed by atoms with Crippen molar-refractivity contribution in [3.8, 4) is 0 Å². The van der Waals surface area contributed by atoms with E-state index >= 15 is 0 Å². The lowest BCUT2D eigenvalue weighted by Gasteiger charge is -2.06. The molecule has 0 amide bonds. The van der Waals surface area contributed by atoms with Gasteiger partial charge in [0, 0.05) is 0 Å². The van der Waals surface area contributed by atoms with Gasteiger partial charge in [-0.15, -0.1) is 0 Å². The van der Waals surface area contributed by atoms with Gasteiger partial charge in [0.25, 0.3) is 0 Å². The summed E-state index contributed by atoms with van der Waals surface area (Å²) < 4.78 is 29.5. The lowest BCUT2D eigenvalue weighted by Crippen LogP contribution is -2.29. The van der Waals surface area contributed by atoms with Crippen LogP contribution < -0.4 is 4.72 Å². The number of nitrogens with one attached hydrogen (secondary N) is 1. The van der Waals surface area contributed by atoms with Crippen LogP contribution in [0, 0.1) is 0 Å². The van der Waals surface area contributed by atoms with Gasteiger partial charge in [0.1, 0.15) is 0 Å². The maximum Gasteiger partial charge on any atom is 0.339 e. The number of esters is 1. The lowest BCUT2D eigenvalue weighted by atomic mass is 10.2. The number of sulfonamides is 1. The van der Waals surface area contributed by atoms with Crippen molar-refractivity contribution in [2.75, 3.05) is 12.5 Å². The van der Waals surface area contributed by atoms with Crippen LogP contribution in [-0.4, -0.2) is 26.9 Å². The summed E-state index contributed by atoms with van der Waals surface area (Å²) in [7, 11) is -3.34. The van der Waals surface area contributed by atoms with Crippen molar-refractivity contribution in [2.45, 2.75) is 13.3 Å². The third-order valence-electron chi connectivity index (χ3n) is 1.96. The molecule has 0 bridgehead atoms. The molecule has 1 rings (SSSR count). The quantitative estimate of drug-likeness (QED) is 0.612. The van der Waals surface area contributed by atoms with Crippen LogP contribution in [0.3, 0.4) is 0 Å². The van der Waals surface area contributed by atoms with Gasteiger partial charge < -0.3 is 4.74 Å². The predicted octanol–water partition coefficient (Wildman–Crippen LogP) is 1.13. The molecule has 1 aromatic rings. The molecule has 0 saturated heterocycles. The summed E-state index contributed by atoms with van der Waals surface area (Å²) in [6.07, 6.45) is 0.516. The zero-order chi connectivity index (χ0) is 12.7. The molecule has 0 fully saturated rings. The topological polar surface area (TPSA) is 72.5 Å². The van der Waals surface area contributed by atoms with Crippen LogP contribution in [0.25, 0.3) is 0 Å². The second-order valence-electron chi connectivity index (χ2n) is 3.41. The summed E-state index contributed by atoms with van der Waals surface area (Å²) in [6, 6.07) is 8.39. The van der Waals surface area contributed by atoms with Crippen molar-refractivity contribution in [3.05, 3.63) is 35.9 Å². The summed E-state index contributed by atoms with van der Waals surface area (Å²) in [5.74, 6) is -0.527. The second kappa shape index (κ2) is 6.36. The van der Waals surface area contributed by atoms with Gasteiger partial charge in [-0.05, 0) is 18.6 Å². The minimum Gasteiger partial charge on any atom is -0.445 e. The van der Waals surface area contributed by atoms with E-state index < -0.39 is 16.0 Å². The summed E-state index contributed by atoms with van der Waals surface area (Å²) >= 11 is 0. The highest BCUT2D eigenvalue weighted by Gasteiger charge is 2.10. The molecular formula is C11H15NO4S. The smallest absolute Gasteiger partial charge is 0.339 e. The molecule has 0 heterocycles. The molecule has 0 aliphatic rings. The second-order valence-corrected chi connectivity index (χ2v) is 5.33. The first kappa shape index (κ1) is 13.7. The number of hydrogen-bond acceptors (Lipinski definition) is 4. The molecule has 0 atom stereocenters. The Morgan fingerprint density at radius 2 is 1.94 bits per heavy atom. The molecule has 5 nitrogen and oxygen atoms in total. The van der Waals surface area contributed by atoms with E-state index in [0.29, 0.717) is 12.0 Å². The standard InChI is InChI=1S/C11H15NO4S/c1-2-8-17(14,15)12-9-16-11(13)10-6-4-3-5-7-10/h3-7,12H,2,8-9H2,1H3. The van der Waals surface area contributed by atoms with E-state index in [-0.39, 0.29) is 12.5 Å². The SMILES string of the molecule is CCCS(=O)(=O)NCOC(=O)c1ccccc1. The van der Waals surface area contributed by atoms with Crippen molar-refractivity contribution in [3.63, 3.8) is 0 Å². The van der Waals surface area contributed by atoms with Crippen LogP contribution in [0.15, 0.2) is 30.3 Å². The summed E-state index contributed by atoms with van der Waals surface area (Å²) in [5.41, 5.74) is 0.391. The Hall–Kier alpha value is -1.40. The Balaban J connectivity index is 2.40. The Morgan fingerprint density at radius 3 is 2.53 bits per heavy atom. The minimum absolute atomic E-state index is 0.0237. The van der Waals surface area contributed by atoms with Crippen molar-refractivity contribution < 1.29 is 17.9 Å². The molecule has 1 aromatic carbocycles. The Labute approximate surface area is 101 Å². The van der Waals surface area contributed by atoms with Crippen molar-refractivity contribution >= 4 is 16.0 Å². The molecule has 0 aliphatic heterocycles. The normalized spacial score (nSPS) is 11.1. The van der Waals surface area contributed by atoms with Gasteiger partial charge >= 0.3 is 5.97 Å². The van der Waals surface area contributed by atoms with Crippen LogP contribution in [0.4, 0.5) is 0 Å². The van der Waals surface area contributed by atoms with Gasteiger partial charge in [0.05, 0.1) is 11.3 Å². The Kier molecular flexibility index (Phi) is 5.11. The van der Waals surface area contributed by atoms with Gasteiger partial charge in [-0.25, -0.2) is 13.2 Å². The summed E-state index contributed by atoms with van der Waals surface area (Å²) in [6.45, 7) is 1.42. The zero-order valence-electron chi connectivity index (χ0n) is 9.55. The molecule has 0 aromatic heterocycles. The average molecular weight is 257 g/mol. The van der Waals surface area contributed by atoms with Crippen LogP contribution in [-0.2, 0) is 14.8 Å². The van der Waals surface area contributed by atoms with E-state index in [2.05, 4.69) is 4.72 Å². The Morgan fingerprint density at radius 1 is 1.29 bits per heavy atom. The fraction of sp³-hybridized carbons (Fsp3) is 0.364. The largest absolute Gasteiger partial charge is 0.445 e. The zero-order valence-corrected chi connectivity index (χ0v) is 10.4. The fourth-order valence-corrected chi connectivity index (χ4v) is 2.10. The molecular weight excluding hydrogens is 242 g/mol. The third-order valence-corrected chi connectivity index (χ3v) is 3.47. The van der Waals surface area contributed by atoms with Crippen molar-refractivity contribution in [1.82, 2.24) is 4.72 Å². The van der Waals surface area contributed by atoms with Gasteiger partial charge in [-0.2, -0.15) is 4.72 Å². The lowest BCUT2D eigenvalue weighted by molar-refractivity contribution is 0.0499. The van der Waals surface area contributed by atoms with Gasteiger partial charge in [-0.1, -0.05) is 25.1 Å². The highest BCUT2D eigenvalue weighted by molar-refractivity contribution is 7.89. The maximum atomic E-state index is 11.4. The number of benzene rings is 1. The summed E-state index contributed by atoms with van der Waals surface area (Å²) in [5, 5.41) is 0. The first-order valence-electron chi connectivity index (χ1n) is 5.24. The molecule has 0 radical (unpaired) electrons. The molecule has 6 heteroatoms. The van der Waals surface area contributed by atoms with Gasteiger partial charge in [0.2, 0.25) is 10.0 Å². The number of carbonyl (C=O) groups excluding carboxylic acids is 1. The number of hydrogen-bond donors (Lipinski definition) is 1. The minimum atomic E-state index is -3.34. The van der Waals surface area contributed by atoms with Crippen molar-refractivity contribution in [2.24, 2.45) is 0 Å². The number of rotatable bonds is 6. The van der Waals surface area contributed by atoms with Crippen LogP contribution >= 0.6 is 0 Å². The molecule has 0 unspecified atom stereocenters. The average Bonchev–Trinajstić information content (AvgIpc) is 2.29. The van der Waals surface area contributed by atoms with E-state index in [9.17, 15) is 13.2 Å². The van der Waals surface area contributed by atoms with E-state index in [4.69, 9.17) is 4.74 Å².